The summed E-state index contributed by atoms with van der Waals surface area (Å²) in [5, 5.41) is 3.13. The van der Waals surface area contributed by atoms with Crippen molar-refractivity contribution >= 4 is 0 Å². The van der Waals surface area contributed by atoms with Crippen LogP contribution in [-0.2, 0) is 6.54 Å². The van der Waals surface area contributed by atoms with Gasteiger partial charge in [0.05, 0.1) is 14.2 Å². The molecule has 0 unspecified atom stereocenters. The van der Waals surface area contributed by atoms with Crippen LogP contribution in [0.15, 0.2) is 42.5 Å². The van der Waals surface area contributed by atoms with Crippen LogP contribution in [0.5, 0.6) is 23.0 Å². The molecular weight excluding hydrogens is 254 g/mol. The maximum absolute atomic E-state index is 5.95. The van der Waals surface area contributed by atoms with Crippen molar-refractivity contribution in [2.24, 2.45) is 0 Å². The molecule has 0 radical (unpaired) electrons. The molecule has 2 aromatic rings. The van der Waals surface area contributed by atoms with E-state index in [1.54, 1.807) is 14.2 Å². The topological polar surface area (TPSA) is 39.7 Å². The van der Waals surface area contributed by atoms with Crippen LogP contribution >= 0.6 is 0 Å². The summed E-state index contributed by atoms with van der Waals surface area (Å²) in [6.07, 6.45) is 0. The number of benzene rings is 2. The molecule has 0 saturated carbocycles. The van der Waals surface area contributed by atoms with E-state index in [-0.39, 0.29) is 0 Å². The number of nitrogens with one attached hydrogen (secondary N) is 1. The summed E-state index contributed by atoms with van der Waals surface area (Å²) in [5.41, 5.74) is 1.09. The van der Waals surface area contributed by atoms with Gasteiger partial charge in [0, 0.05) is 30.3 Å². The first-order valence-corrected chi connectivity index (χ1v) is 6.40. The van der Waals surface area contributed by atoms with Crippen molar-refractivity contribution in [2.75, 3.05) is 21.3 Å². The van der Waals surface area contributed by atoms with E-state index in [1.807, 2.05) is 49.5 Å². The molecule has 0 aromatic heterocycles. The summed E-state index contributed by atoms with van der Waals surface area (Å²) in [7, 11) is 5.15. The predicted octanol–water partition coefficient (Wildman–Crippen LogP) is 3.22. The van der Waals surface area contributed by atoms with Gasteiger partial charge < -0.3 is 19.5 Å². The van der Waals surface area contributed by atoms with E-state index in [4.69, 9.17) is 14.2 Å². The minimum Gasteiger partial charge on any atom is -0.496 e. The Hall–Kier alpha value is -2.20. The Morgan fingerprint density at radius 3 is 2.10 bits per heavy atom. The number of para-hydroxylation sites is 1. The fourth-order valence-corrected chi connectivity index (χ4v) is 1.91. The smallest absolute Gasteiger partial charge is 0.134 e. The lowest BCUT2D eigenvalue weighted by Crippen LogP contribution is -2.06. The van der Waals surface area contributed by atoms with Crippen molar-refractivity contribution in [3.63, 3.8) is 0 Å². The Labute approximate surface area is 119 Å². The number of hydrogen-bond donors (Lipinski definition) is 1. The number of rotatable bonds is 6. The van der Waals surface area contributed by atoms with Gasteiger partial charge in [0.2, 0.25) is 0 Å². The number of hydrogen-bond acceptors (Lipinski definition) is 4. The normalized spacial score (nSPS) is 10.2. The number of methoxy groups -OCH3 is 2. The van der Waals surface area contributed by atoms with Crippen LogP contribution in [-0.4, -0.2) is 21.3 Å². The van der Waals surface area contributed by atoms with Crippen LogP contribution in [0, 0.1) is 0 Å². The molecule has 0 aliphatic rings. The lowest BCUT2D eigenvalue weighted by atomic mass is 10.2. The molecule has 1 N–H and O–H groups in total. The maximum Gasteiger partial charge on any atom is 0.134 e. The molecule has 2 aromatic carbocycles. The average Bonchev–Trinajstić information content (AvgIpc) is 2.49. The third kappa shape index (κ3) is 3.42. The molecule has 4 nitrogen and oxygen atoms in total. The molecule has 0 atom stereocenters. The zero-order valence-electron chi connectivity index (χ0n) is 12.0. The molecule has 0 amide bonds. The van der Waals surface area contributed by atoms with Gasteiger partial charge in [0.25, 0.3) is 0 Å². The highest BCUT2D eigenvalue weighted by molar-refractivity contribution is 5.45. The van der Waals surface area contributed by atoms with Crippen molar-refractivity contribution in [1.82, 2.24) is 5.32 Å². The monoisotopic (exact) mass is 273 g/mol. The largest absolute Gasteiger partial charge is 0.496 e. The quantitative estimate of drug-likeness (QED) is 0.877. The third-order valence-corrected chi connectivity index (χ3v) is 2.89. The second kappa shape index (κ2) is 6.82. The fraction of sp³-hybridized carbons (Fsp3) is 0.250. The average molecular weight is 273 g/mol. The fourth-order valence-electron chi connectivity index (χ4n) is 1.91. The van der Waals surface area contributed by atoms with Gasteiger partial charge in [0.15, 0.2) is 0 Å². The zero-order valence-corrected chi connectivity index (χ0v) is 12.0. The van der Waals surface area contributed by atoms with Gasteiger partial charge in [-0.3, -0.25) is 0 Å². The van der Waals surface area contributed by atoms with E-state index in [0.29, 0.717) is 17.2 Å². The van der Waals surface area contributed by atoms with Gasteiger partial charge in [-0.25, -0.2) is 0 Å². The van der Waals surface area contributed by atoms with Crippen molar-refractivity contribution in [1.29, 1.82) is 0 Å². The molecule has 0 aliphatic carbocycles. The van der Waals surface area contributed by atoms with Crippen LogP contribution in [0.4, 0.5) is 0 Å². The highest BCUT2D eigenvalue weighted by atomic mass is 16.5. The lowest BCUT2D eigenvalue weighted by Gasteiger charge is -2.13. The first kappa shape index (κ1) is 14.2. The zero-order chi connectivity index (χ0) is 14.4. The van der Waals surface area contributed by atoms with Gasteiger partial charge in [-0.05, 0) is 13.1 Å². The summed E-state index contributed by atoms with van der Waals surface area (Å²) in [5.74, 6) is 2.90. The minimum atomic E-state index is 0.685. The van der Waals surface area contributed by atoms with Gasteiger partial charge in [-0.1, -0.05) is 18.2 Å². The van der Waals surface area contributed by atoms with Gasteiger partial charge >= 0.3 is 0 Å². The van der Waals surface area contributed by atoms with E-state index >= 15 is 0 Å². The molecule has 0 heterocycles. The molecule has 0 saturated heterocycles. The molecule has 0 bridgehead atoms. The minimum absolute atomic E-state index is 0.685. The lowest BCUT2D eigenvalue weighted by molar-refractivity contribution is 0.386. The van der Waals surface area contributed by atoms with Crippen LogP contribution in [0.1, 0.15) is 5.56 Å². The van der Waals surface area contributed by atoms with Crippen LogP contribution in [0.2, 0.25) is 0 Å². The molecule has 0 aliphatic heterocycles. The maximum atomic E-state index is 5.95. The highest BCUT2D eigenvalue weighted by Gasteiger charge is 2.07. The Kier molecular flexibility index (Phi) is 4.85. The van der Waals surface area contributed by atoms with Gasteiger partial charge in [-0.2, -0.15) is 0 Å². The van der Waals surface area contributed by atoms with Crippen LogP contribution < -0.4 is 19.5 Å². The Morgan fingerprint density at radius 2 is 1.50 bits per heavy atom. The summed E-state index contributed by atoms with van der Waals surface area (Å²) in [6, 6.07) is 13.4. The second-order valence-corrected chi connectivity index (χ2v) is 4.29. The molecular formula is C16H19NO3. The van der Waals surface area contributed by atoms with Crippen molar-refractivity contribution in [3.8, 4) is 23.0 Å². The molecule has 2 rings (SSSR count). The summed E-state index contributed by atoms with van der Waals surface area (Å²) < 4.78 is 16.4. The Morgan fingerprint density at radius 1 is 0.900 bits per heavy atom. The van der Waals surface area contributed by atoms with Crippen molar-refractivity contribution in [2.45, 2.75) is 6.54 Å². The van der Waals surface area contributed by atoms with E-state index in [2.05, 4.69) is 5.32 Å². The standard InChI is InChI=1S/C16H19NO3/c1-17-11-12-6-4-5-7-16(12)20-15-9-13(18-2)8-14(10-15)19-3/h4-10,17H,11H2,1-3H3. The molecule has 4 heteroatoms. The Balaban J connectivity index is 2.29. The SMILES string of the molecule is CNCc1ccccc1Oc1cc(OC)cc(OC)c1. The Bertz CT molecular complexity index is 547. The molecule has 0 spiro atoms. The highest BCUT2D eigenvalue weighted by Crippen LogP contribution is 2.32. The van der Waals surface area contributed by atoms with Crippen molar-refractivity contribution < 1.29 is 14.2 Å². The van der Waals surface area contributed by atoms with E-state index in [9.17, 15) is 0 Å². The van der Waals surface area contributed by atoms with Crippen molar-refractivity contribution in [3.05, 3.63) is 48.0 Å². The predicted molar refractivity (Wildman–Crippen MR) is 78.8 cm³/mol. The van der Waals surface area contributed by atoms with E-state index < -0.39 is 0 Å². The summed E-state index contributed by atoms with van der Waals surface area (Å²) in [6.45, 7) is 0.747. The second-order valence-electron chi connectivity index (χ2n) is 4.29. The van der Waals surface area contributed by atoms with Gasteiger partial charge in [0.1, 0.15) is 23.0 Å². The van der Waals surface area contributed by atoms with Crippen LogP contribution in [0.3, 0.4) is 0 Å². The third-order valence-electron chi connectivity index (χ3n) is 2.89. The molecule has 20 heavy (non-hydrogen) atoms. The molecule has 106 valence electrons. The molecule has 0 fully saturated rings. The summed E-state index contributed by atoms with van der Waals surface area (Å²) in [4.78, 5) is 0. The number of ether oxygens (including phenoxy) is 3. The summed E-state index contributed by atoms with van der Waals surface area (Å²) >= 11 is 0. The van der Waals surface area contributed by atoms with E-state index in [1.165, 1.54) is 0 Å². The van der Waals surface area contributed by atoms with Gasteiger partial charge in [-0.15, -0.1) is 0 Å². The first-order chi connectivity index (χ1) is 9.76. The first-order valence-electron chi connectivity index (χ1n) is 6.40. The van der Waals surface area contributed by atoms with E-state index in [0.717, 1.165) is 17.9 Å². The van der Waals surface area contributed by atoms with Crippen LogP contribution in [0.25, 0.3) is 0 Å².